The molecule has 2 N–H and O–H groups in total. The zero-order valence-corrected chi connectivity index (χ0v) is 12.7. The number of benzene rings is 1. The molecule has 0 radical (unpaired) electrons. The van der Waals surface area contributed by atoms with Crippen molar-refractivity contribution in [3.8, 4) is 5.75 Å². The molecule has 1 aromatic carbocycles. The maximum atomic E-state index is 9.68. The Balaban J connectivity index is 1.89. The van der Waals surface area contributed by atoms with Gasteiger partial charge in [-0.15, -0.1) is 0 Å². The van der Waals surface area contributed by atoms with Crippen LogP contribution in [-0.2, 0) is 6.54 Å². The van der Waals surface area contributed by atoms with Crippen molar-refractivity contribution in [3.63, 3.8) is 0 Å². The van der Waals surface area contributed by atoms with E-state index in [-0.39, 0.29) is 18.2 Å². The van der Waals surface area contributed by atoms with Gasteiger partial charge in [0, 0.05) is 12.1 Å². The van der Waals surface area contributed by atoms with Gasteiger partial charge >= 0.3 is 0 Å². The van der Waals surface area contributed by atoms with Gasteiger partial charge in [-0.25, -0.2) is 0 Å². The standard InChI is InChI=1S/C17H27NO2/c1-14(2)20-16-8-6-15(7-9-16)12-18-17(13-19)10-4-3-5-11-17/h6-9,14,18-19H,3-5,10-13H2,1-2H3. The summed E-state index contributed by atoms with van der Waals surface area (Å²) in [6.45, 7) is 5.11. The van der Waals surface area contributed by atoms with Gasteiger partial charge in [0.2, 0.25) is 0 Å². The molecule has 1 aliphatic rings. The van der Waals surface area contributed by atoms with E-state index in [2.05, 4.69) is 17.4 Å². The third-order valence-electron chi connectivity index (χ3n) is 4.08. The quantitative estimate of drug-likeness (QED) is 0.838. The van der Waals surface area contributed by atoms with E-state index in [4.69, 9.17) is 4.74 Å². The van der Waals surface area contributed by atoms with Crippen molar-refractivity contribution >= 4 is 0 Å². The van der Waals surface area contributed by atoms with Crippen molar-refractivity contribution in [1.29, 1.82) is 0 Å². The third-order valence-corrected chi connectivity index (χ3v) is 4.08. The Morgan fingerprint density at radius 2 is 1.80 bits per heavy atom. The van der Waals surface area contributed by atoms with Crippen LogP contribution < -0.4 is 10.1 Å². The molecule has 112 valence electrons. The molecule has 0 spiro atoms. The van der Waals surface area contributed by atoms with Gasteiger partial charge in [0.05, 0.1) is 12.7 Å². The summed E-state index contributed by atoms with van der Waals surface area (Å²) in [4.78, 5) is 0. The van der Waals surface area contributed by atoms with E-state index in [9.17, 15) is 5.11 Å². The zero-order chi connectivity index (χ0) is 14.4. The summed E-state index contributed by atoms with van der Waals surface area (Å²) in [6.07, 6.45) is 6.10. The zero-order valence-electron chi connectivity index (χ0n) is 12.7. The smallest absolute Gasteiger partial charge is 0.119 e. The van der Waals surface area contributed by atoms with Gasteiger partial charge in [0.25, 0.3) is 0 Å². The fraction of sp³-hybridized carbons (Fsp3) is 0.647. The molecule has 0 bridgehead atoms. The molecule has 1 fully saturated rings. The molecular formula is C17H27NO2. The minimum atomic E-state index is -0.0641. The molecule has 0 saturated heterocycles. The number of nitrogens with one attached hydrogen (secondary N) is 1. The van der Waals surface area contributed by atoms with Crippen LogP contribution in [0.1, 0.15) is 51.5 Å². The maximum absolute atomic E-state index is 9.68. The molecule has 0 aromatic heterocycles. The Bertz CT molecular complexity index is 394. The first-order valence-corrected chi connectivity index (χ1v) is 7.75. The minimum absolute atomic E-state index is 0.0641. The predicted octanol–water partition coefficient (Wildman–Crippen LogP) is 3.26. The van der Waals surface area contributed by atoms with Crippen LogP contribution in [0.5, 0.6) is 5.75 Å². The lowest BCUT2D eigenvalue weighted by Gasteiger charge is -2.36. The summed E-state index contributed by atoms with van der Waals surface area (Å²) in [7, 11) is 0. The van der Waals surface area contributed by atoms with Crippen LogP contribution >= 0.6 is 0 Å². The molecule has 1 saturated carbocycles. The monoisotopic (exact) mass is 277 g/mol. The highest BCUT2D eigenvalue weighted by Crippen LogP contribution is 2.28. The van der Waals surface area contributed by atoms with E-state index in [1.807, 2.05) is 26.0 Å². The highest BCUT2D eigenvalue weighted by atomic mass is 16.5. The summed E-state index contributed by atoms with van der Waals surface area (Å²) in [5.74, 6) is 0.915. The molecule has 0 atom stereocenters. The lowest BCUT2D eigenvalue weighted by atomic mass is 9.82. The first-order chi connectivity index (χ1) is 9.63. The van der Waals surface area contributed by atoms with Crippen LogP contribution in [0, 0.1) is 0 Å². The highest BCUT2D eigenvalue weighted by Gasteiger charge is 2.30. The van der Waals surface area contributed by atoms with Crippen molar-refractivity contribution in [2.75, 3.05) is 6.61 Å². The second kappa shape index (κ2) is 7.09. The molecule has 1 aromatic rings. The molecule has 2 rings (SSSR count). The van der Waals surface area contributed by atoms with Gasteiger partial charge in [-0.05, 0) is 44.4 Å². The van der Waals surface area contributed by atoms with E-state index < -0.39 is 0 Å². The van der Waals surface area contributed by atoms with Crippen LogP contribution in [0.4, 0.5) is 0 Å². The van der Waals surface area contributed by atoms with Crippen molar-refractivity contribution in [2.24, 2.45) is 0 Å². The van der Waals surface area contributed by atoms with Gasteiger partial charge in [0.15, 0.2) is 0 Å². The predicted molar refractivity (Wildman–Crippen MR) is 81.9 cm³/mol. The van der Waals surface area contributed by atoms with Crippen LogP contribution in [0.2, 0.25) is 0 Å². The summed E-state index contributed by atoms with van der Waals surface area (Å²) < 4.78 is 5.64. The molecular weight excluding hydrogens is 250 g/mol. The van der Waals surface area contributed by atoms with Gasteiger partial charge in [-0.1, -0.05) is 31.4 Å². The van der Waals surface area contributed by atoms with E-state index in [1.165, 1.54) is 24.8 Å². The fourth-order valence-corrected chi connectivity index (χ4v) is 2.87. The molecule has 0 unspecified atom stereocenters. The largest absolute Gasteiger partial charge is 0.491 e. The van der Waals surface area contributed by atoms with Crippen molar-refractivity contribution in [3.05, 3.63) is 29.8 Å². The van der Waals surface area contributed by atoms with E-state index in [1.54, 1.807) is 0 Å². The molecule has 3 nitrogen and oxygen atoms in total. The van der Waals surface area contributed by atoms with Crippen LogP contribution in [0.3, 0.4) is 0 Å². The summed E-state index contributed by atoms with van der Waals surface area (Å²) >= 11 is 0. The Hall–Kier alpha value is -1.06. The number of ether oxygens (including phenoxy) is 1. The van der Waals surface area contributed by atoms with Gasteiger partial charge < -0.3 is 15.2 Å². The third kappa shape index (κ3) is 4.22. The minimum Gasteiger partial charge on any atom is -0.491 e. The maximum Gasteiger partial charge on any atom is 0.119 e. The number of hydrogen-bond acceptors (Lipinski definition) is 3. The second-order valence-corrected chi connectivity index (χ2v) is 6.16. The van der Waals surface area contributed by atoms with E-state index >= 15 is 0 Å². The van der Waals surface area contributed by atoms with Crippen LogP contribution in [0.15, 0.2) is 24.3 Å². The van der Waals surface area contributed by atoms with Crippen LogP contribution in [-0.4, -0.2) is 23.4 Å². The van der Waals surface area contributed by atoms with E-state index in [0.29, 0.717) is 0 Å². The fourth-order valence-electron chi connectivity index (χ4n) is 2.87. The Labute approximate surface area is 122 Å². The summed E-state index contributed by atoms with van der Waals surface area (Å²) in [5, 5.41) is 13.3. The number of aliphatic hydroxyl groups is 1. The van der Waals surface area contributed by atoms with Gasteiger partial charge in [-0.2, -0.15) is 0 Å². The average molecular weight is 277 g/mol. The van der Waals surface area contributed by atoms with Crippen molar-refractivity contribution in [2.45, 2.75) is 64.1 Å². The number of rotatable bonds is 6. The molecule has 1 aliphatic carbocycles. The average Bonchev–Trinajstić information content (AvgIpc) is 2.47. The lowest BCUT2D eigenvalue weighted by molar-refractivity contribution is 0.119. The van der Waals surface area contributed by atoms with E-state index in [0.717, 1.165) is 25.1 Å². The lowest BCUT2D eigenvalue weighted by Crippen LogP contribution is -2.49. The molecule has 20 heavy (non-hydrogen) atoms. The Kier molecular flexibility index (Phi) is 5.44. The Morgan fingerprint density at radius 3 is 2.35 bits per heavy atom. The second-order valence-electron chi connectivity index (χ2n) is 6.16. The Morgan fingerprint density at radius 1 is 1.15 bits per heavy atom. The summed E-state index contributed by atoms with van der Waals surface area (Å²) in [6, 6.07) is 8.23. The van der Waals surface area contributed by atoms with Crippen molar-refractivity contribution < 1.29 is 9.84 Å². The highest BCUT2D eigenvalue weighted by molar-refractivity contribution is 5.27. The normalized spacial score (nSPS) is 18.2. The molecule has 0 heterocycles. The molecule has 0 amide bonds. The SMILES string of the molecule is CC(C)Oc1ccc(CNC2(CO)CCCCC2)cc1. The molecule has 0 aliphatic heterocycles. The number of hydrogen-bond donors (Lipinski definition) is 2. The van der Waals surface area contributed by atoms with Gasteiger partial charge in [0.1, 0.15) is 5.75 Å². The van der Waals surface area contributed by atoms with Crippen molar-refractivity contribution in [1.82, 2.24) is 5.32 Å². The van der Waals surface area contributed by atoms with Crippen LogP contribution in [0.25, 0.3) is 0 Å². The molecule has 3 heteroatoms. The number of aliphatic hydroxyl groups excluding tert-OH is 1. The first-order valence-electron chi connectivity index (χ1n) is 7.75. The topological polar surface area (TPSA) is 41.5 Å². The van der Waals surface area contributed by atoms with Gasteiger partial charge in [-0.3, -0.25) is 0 Å². The first kappa shape index (κ1) is 15.3. The summed E-state index contributed by atoms with van der Waals surface area (Å²) in [5.41, 5.74) is 1.17.